The van der Waals surface area contributed by atoms with Crippen LogP contribution in [0.25, 0.3) is 0 Å². The Bertz CT molecular complexity index is 333. The van der Waals surface area contributed by atoms with Gasteiger partial charge in [0.1, 0.15) is 0 Å². The fourth-order valence-corrected chi connectivity index (χ4v) is 1.44. The molecule has 2 heteroatoms. The topological polar surface area (TPSA) is 12.4 Å². The third-order valence-corrected chi connectivity index (χ3v) is 2.32. The summed E-state index contributed by atoms with van der Waals surface area (Å²) in [6, 6.07) is 0. The van der Waals surface area contributed by atoms with Crippen LogP contribution < -0.4 is 0 Å². The average molecular weight is 233 g/mol. The van der Waals surface area contributed by atoms with Gasteiger partial charge in [0, 0.05) is 22.2 Å². The molecule has 0 aliphatic heterocycles. The highest BCUT2D eigenvalue weighted by atomic mass is 32.2. The molecule has 0 aliphatic rings. The van der Waals surface area contributed by atoms with Crippen molar-refractivity contribution in [3.63, 3.8) is 0 Å². The number of hydrogen-bond donors (Lipinski definition) is 0. The Labute approximate surface area is 103 Å². The van der Waals surface area contributed by atoms with E-state index >= 15 is 0 Å². The van der Waals surface area contributed by atoms with Crippen molar-refractivity contribution < 1.29 is 0 Å². The molecular weight excluding hydrogens is 214 g/mol. The van der Waals surface area contributed by atoms with Crippen molar-refractivity contribution >= 4 is 18.0 Å². The maximum atomic E-state index is 3.97. The molecule has 0 aliphatic carbocycles. The number of nitrogens with zero attached hydrogens (tertiary/aromatic N) is 1. The van der Waals surface area contributed by atoms with E-state index in [-0.39, 0.29) is 0 Å². The van der Waals surface area contributed by atoms with Crippen molar-refractivity contribution in [2.45, 2.75) is 20.3 Å². The van der Waals surface area contributed by atoms with Crippen LogP contribution in [0.4, 0.5) is 0 Å². The minimum atomic E-state index is 0.930. The van der Waals surface area contributed by atoms with Crippen LogP contribution in [0.5, 0.6) is 0 Å². The van der Waals surface area contributed by atoms with Gasteiger partial charge >= 0.3 is 0 Å². The monoisotopic (exact) mass is 233 g/mol. The molecule has 0 rings (SSSR count). The Morgan fingerprint density at radius 2 is 1.88 bits per heavy atom. The van der Waals surface area contributed by atoms with Gasteiger partial charge in [-0.1, -0.05) is 50.1 Å². The molecule has 0 unspecified atom stereocenters. The Morgan fingerprint density at radius 1 is 1.19 bits per heavy atom. The lowest BCUT2D eigenvalue weighted by molar-refractivity contribution is 1.22. The van der Waals surface area contributed by atoms with Crippen LogP contribution in [0.1, 0.15) is 20.3 Å². The predicted molar refractivity (Wildman–Crippen MR) is 77.7 cm³/mol. The summed E-state index contributed by atoms with van der Waals surface area (Å²) in [5.74, 6) is 0. The second-order valence-electron chi connectivity index (χ2n) is 2.95. The zero-order chi connectivity index (χ0) is 12.2. The van der Waals surface area contributed by atoms with Crippen molar-refractivity contribution in [2.75, 3.05) is 0 Å². The summed E-state index contributed by atoms with van der Waals surface area (Å²) in [7, 11) is 0. The Hall–Kier alpha value is -1.28. The minimum absolute atomic E-state index is 0.930. The lowest BCUT2D eigenvalue weighted by Gasteiger charge is -1.97. The number of allylic oxidation sites excluding steroid dienone is 5. The van der Waals surface area contributed by atoms with E-state index in [4.69, 9.17) is 0 Å². The smallest absolute Gasteiger partial charge is 0.0274 e. The molecule has 0 saturated heterocycles. The molecule has 0 spiro atoms. The van der Waals surface area contributed by atoms with Gasteiger partial charge in [-0.15, -0.1) is 0 Å². The molecule has 0 heterocycles. The fraction of sp³-hybridized carbons (Fsp3) is 0.214. The maximum Gasteiger partial charge on any atom is 0.0274 e. The highest BCUT2D eigenvalue weighted by molar-refractivity contribution is 8.07. The highest BCUT2D eigenvalue weighted by Gasteiger charge is 1.91. The van der Waals surface area contributed by atoms with Crippen molar-refractivity contribution in [1.82, 2.24) is 0 Å². The SMILES string of the molecule is C=C(/C=C\C=C/CC)SC(=C)/C=C\N=C/C. The highest BCUT2D eigenvalue weighted by Crippen LogP contribution is 2.24. The minimum Gasteiger partial charge on any atom is -0.269 e. The van der Waals surface area contributed by atoms with Gasteiger partial charge < -0.3 is 0 Å². The van der Waals surface area contributed by atoms with Crippen LogP contribution in [0.3, 0.4) is 0 Å². The molecule has 86 valence electrons. The number of hydrogen-bond acceptors (Lipinski definition) is 2. The van der Waals surface area contributed by atoms with Crippen molar-refractivity contribution in [2.24, 2.45) is 4.99 Å². The maximum absolute atomic E-state index is 3.97. The van der Waals surface area contributed by atoms with E-state index in [1.54, 1.807) is 12.4 Å². The lowest BCUT2D eigenvalue weighted by atomic mass is 10.4. The van der Waals surface area contributed by atoms with E-state index in [0.29, 0.717) is 0 Å². The van der Waals surface area contributed by atoms with Gasteiger partial charge in [0.25, 0.3) is 0 Å². The molecule has 0 fully saturated rings. The van der Waals surface area contributed by atoms with Gasteiger partial charge in [-0.2, -0.15) is 0 Å². The largest absolute Gasteiger partial charge is 0.269 e. The van der Waals surface area contributed by atoms with Gasteiger partial charge in [0.15, 0.2) is 0 Å². The quantitative estimate of drug-likeness (QED) is 0.451. The van der Waals surface area contributed by atoms with Crippen LogP contribution in [-0.2, 0) is 0 Å². The van der Waals surface area contributed by atoms with Gasteiger partial charge in [-0.3, -0.25) is 4.99 Å². The third-order valence-electron chi connectivity index (χ3n) is 1.52. The van der Waals surface area contributed by atoms with E-state index in [0.717, 1.165) is 16.2 Å². The molecule has 0 saturated carbocycles. The van der Waals surface area contributed by atoms with E-state index < -0.39 is 0 Å². The summed E-state index contributed by atoms with van der Waals surface area (Å²) in [5.41, 5.74) is 0. The lowest BCUT2D eigenvalue weighted by Crippen LogP contribution is -1.69. The van der Waals surface area contributed by atoms with Crippen LogP contribution in [-0.4, -0.2) is 6.21 Å². The Balaban J connectivity index is 4.00. The van der Waals surface area contributed by atoms with E-state index in [2.05, 4.69) is 31.2 Å². The van der Waals surface area contributed by atoms with Gasteiger partial charge in [-0.05, 0) is 25.5 Å². The molecule has 0 amide bonds. The first-order valence-corrected chi connectivity index (χ1v) is 6.05. The van der Waals surface area contributed by atoms with Gasteiger partial charge in [0.05, 0.1) is 0 Å². The summed E-state index contributed by atoms with van der Waals surface area (Å²) in [4.78, 5) is 5.87. The van der Waals surface area contributed by atoms with Crippen LogP contribution in [0.15, 0.2) is 64.5 Å². The van der Waals surface area contributed by atoms with E-state index in [9.17, 15) is 0 Å². The Morgan fingerprint density at radius 3 is 2.50 bits per heavy atom. The summed E-state index contributed by atoms with van der Waals surface area (Å²) < 4.78 is 0. The second-order valence-corrected chi connectivity index (χ2v) is 4.21. The normalized spacial score (nSPS) is 12.4. The molecule has 0 aromatic heterocycles. The zero-order valence-corrected chi connectivity index (χ0v) is 10.8. The predicted octanol–water partition coefficient (Wildman–Crippen LogP) is 4.87. The van der Waals surface area contributed by atoms with Crippen LogP contribution in [0.2, 0.25) is 0 Å². The van der Waals surface area contributed by atoms with Gasteiger partial charge in [-0.25, -0.2) is 0 Å². The number of rotatable bonds is 7. The van der Waals surface area contributed by atoms with E-state index in [1.807, 2.05) is 31.2 Å². The molecule has 0 radical (unpaired) electrons. The zero-order valence-electron chi connectivity index (χ0n) is 10.0. The summed E-state index contributed by atoms with van der Waals surface area (Å²) in [6.07, 6.45) is 14.5. The summed E-state index contributed by atoms with van der Waals surface area (Å²) in [5, 5.41) is 0. The second kappa shape index (κ2) is 10.2. The molecule has 0 bridgehead atoms. The third kappa shape index (κ3) is 9.28. The average Bonchev–Trinajstić information content (AvgIpc) is 2.25. The summed E-state index contributed by atoms with van der Waals surface area (Å²) in [6.45, 7) is 11.8. The molecular formula is C14H19NS. The molecule has 0 N–H and O–H groups in total. The Kier molecular flexibility index (Phi) is 9.43. The van der Waals surface area contributed by atoms with Crippen molar-refractivity contribution in [1.29, 1.82) is 0 Å². The number of aliphatic imine (C=N–C) groups is 1. The standard InChI is InChI=1S/C14H19NS/c1-5-7-8-9-10-13(3)16-14(4)11-12-15-6-2/h6-12H,3-5H2,1-2H3/b8-7-,10-9-,12-11-,15-6-. The first-order chi connectivity index (χ1) is 7.70. The van der Waals surface area contributed by atoms with Crippen molar-refractivity contribution in [3.05, 3.63) is 59.5 Å². The van der Waals surface area contributed by atoms with Crippen molar-refractivity contribution in [3.8, 4) is 0 Å². The fourth-order valence-electron chi connectivity index (χ4n) is 0.826. The summed E-state index contributed by atoms with van der Waals surface area (Å²) >= 11 is 1.54. The molecule has 0 aromatic rings. The first kappa shape index (κ1) is 14.7. The number of thioether (sulfide) groups is 1. The molecule has 0 atom stereocenters. The first-order valence-electron chi connectivity index (χ1n) is 5.24. The van der Waals surface area contributed by atoms with E-state index in [1.165, 1.54) is 11.8 Å². The molecule has 1 nitrogen and oxygen atoms in total. The molecule has 16 heavy (non-hydrogen) atoms. The van der Waals surface area contributed by atoms with Crippen LogP contribution >= 0.6 is 11.8 Å². The van der Waals surface area contributed by atoms with Crippen LogP contribution in [0, 0.1) is 0 Å². The van der Waals surface area contributed by atoms with Gasteiger partial charge in [0.2, 0.25) is 0 Å². The molecule has 0 aromatic carbocycles.